The van der Waals surface area contributed by atoms with Crippen LogP contribution in [0, 0.1) is 0 Å². The molecule has 1 aromatic rings. The number of aromatic nitrogens is 2. The van der Waals surface area contributed by atoms with Crippen molar-refractivity contribution in [3.8, 4) is 0 Å². The van der Waals surface area contributed by atoms with Crippen LogP contribution >= 0.6 is 11.6 Å². The van der Waals surface area contributed by atoms with Gasteiger partial charge in [-0.05, 0) is 38.8 Å². The monoisotopic (exact) mass is 355 g/mol. The van der Waals surface area contributed by atoms with Gasteiger partial charge < -0.3 is 20.3 Å². The third-order valence-corrected chi connectivity index (χ3v) is 3.54. The molecule has 1 atom stereocenters. The molecule has 132 valence electrons. The van der Waals surface area contributed by atoms with Gasteiger partial charge in [-0.15, -0.1) is 0 Å². The van der Waals surface area contributed by atoms with E-state index in [0.29, 0.717) is 31.0 Å². The summed E-state index contributed by atoms with van der Waals surface area (Å²) in [6, 6.07) is -0.385. The second-order valence-electron chi connectivity index (χ2n) is 6.41. The lowest BCUT2D eigenvalue weighted by molar-refractivity contribution is -0.117. The standard InChI is InChI=1S/C15H22ClN5O3/c1-5-10-12(22)19-9-8-18-13(16)20-11(9)21(10)7-6-17-14(23)24-15(2,3)4/h8,10H,5-7H2,1-4H3,(H,17,23)(H,19,22). The number of hydrogen-bond donors (Lipinski definition) is 2. The first-order chi connectivity index (χ1) is 11.2. The van der Waals surface area contributed by atoms with Crippen LogP contribution in [0.1, 0.15) is 34.1 Å². The summed E-state index contributed by atoms with van der Waals surface area (Å²) in [5.41, 5.74) is -0.0552. The minimum Gasteiger partial charge on any atom is -0.444 e. The number of alkyl carbamates (subject to hydrolysis) is 1. The van der Waals surface area contributed by atoms with Gasteiger partial charge in [-0.1, -0.05) is 6.92 Å². The van der Waals surface area contributed by atoms with E-state index in [-0.39, 0.29) is 17.2 Å². The molecular formula is C15H22ClN5O3. The normalized spacial score (nSPS) is 17.1. The quantitative estimate of drug-likeness (QED) is 0.804. The highest BCUT2D eigenvalue weighted by Crippen LogP contribution is 2.30. The van der Waals surface area contributed by atoms with Gasteiger partial charge in [-0.25, -0.2) is 9.78 Å². The van der Waals surface area contributed by atoms with Gasteiger partial charge in [0.1, 0.15) is 17.3 Å². The van der Waals surface area contributed by atoms with E-state index in [1.54, 1.807) is 20.8 Å². The molecule has 1 aliphatic rings. The first kappa shape index (κ1) is 18.3. The summed E-state index contributed by atoms with van der Waals surface area (Å²) in [4.78, 5) is 33.9. The number of nitrogens with one attached hydrogen (secondary N) is 2. The van der Waals surface area contributed by atoms with Crippen molar-refractivity contribution in [2.75, 3.05) is 23.3 Å². The van der Waals surface area contributed by atoms with Crippen molar-refractivity contribution in [2.24, 2.45) is 0 Å². The van der Waals surface area contributed by atoms with Crippen LogP contribution in [0.4, 0.5) is 16.3 Å². The average Bonchev–Trinajstić information content (AvgIpc) is 2.46. The highest BCUT2D eigenvalue weighted by atomic mass is 35.5. The summed E-state index contributed by atoms with van der Waals surface area (Å²) in [6.45, 7) is 8.00. The molecule has 2 rings (SSSR count). The summed E-state index contributed by atoms with van der Waals surface area (Å²) >= 11 is 5.88. The van der Waals surface area contributed by atoms with Crippen LogP contribution in [0.2, 0.25) is 5.28 Å². The van der Waals surface area contributed by atoms with Crippen LogP contribution in [-0.4, -0.2) is 46.7 Å². The topological polar surface area (TPSA) is 96.5 Å². The molecule has 0 fully saturated rings. The predicted molar refractivity (Wildman–Crippen MR) is 91.3 cm³/mol. The Morgan fingerprint density at radius 1 is 1.50 bits per heavy atom. The molecule has 24 heavy (non-hydrogen) atoms. The van der Waals surface area contributed by atoms with Gasteiger partial charge in [-0.3, -0.25) is 4.79 Å². The van der Waals surface area contributed by atoms with E-state index in [2.05, 4.69) is 20.6 Å². The van der Waals surface area contributed by atoms with Gasteiger partial charge >= 0.3 is 6.09 Å². The Kier molecular flexibility index (Phi) is 5.48. The summed E-state index contributed by atoms with van der Waals surface area (Å²) in [5.74, 6) is 0.417. The van der Waals surface area contributed by atoms with Gasteiger partial charge in [0.25, 0.3) is 0 Å². The lowest BCUT2D eigenvalue weighted by atomic mass is 10.1. The lowest BCUT2D eigenvalue weighted by Crippen LogP contribution is -2.51. The molecule has 0 aliphatic carbocycles. The van der Waals surface area contributed by atoms with Gasteiger partial charge in [0.2, 0.25) is 11.2 Å². The Labute approximate surface area is 145 Å². The van der Waals surface area contributed by atoms with Crippen molar-refractivity contribution in [1.82, 2.24) is 15.3 Å². The molecule has 0 spiro atoms. The van der Waals surface area contributed by atoms with E-state index in [1.165, 1.54) is 6.20 Å². The zero-order chi connectivity index (χ0) is 17.9. The fourth-order valence-electron chi connectivity index (χ4n) is 2.42. The molecule has 1 aliphatic heterocycles. The maximum atomic E-state index is 12.2. The van der Waals surface area contributed by atoms with E-state index in [1.807, 2.05) is 11.8 Å². The molecule has 2 N–H and O–H groups in total. The summed E-state index contributed by atoms with van der Waals surface area (Å²) < 4.78 is 5.20. The molecule has 0 bridgehead atoms. The summed E-state index contributed by atoms with van der Waals surface area (Å²) in [7, 11) is 0. The van der Waals surface area contributed by atoms with E-state index in [9.17, 15) is 9.59 Å². The number of amides is 2. The first-order valence-electron chi connectivity index (χ1n) is 7.78. The Hall–Kier alpha value is -2.09. The second-order valence-corrected chi connectivity index (χ2v) is 6.75. The fraction of sp³-hybridized carbons (Fsp3) is 0.600. The Bertz CT molecular complexity index is 632. The minimum absolute atomic E-state index is 0.102. The van der Waals surface area contributed by atoms with Crippen molar-refractivity contribution in [3.63, 3.8) is 0 Å². The molecule has 0 radical (unpaired) electrons. The number of nitrogens with zero attached hydrogens (tertiary/aromatic N) is 3. The Morgan fingerprint density at radius 2 is 2.21 bits per heavy atom. The zero-order valence-corrected chi connectivity index (χ0v) is 15.0. The molecule has 1 aromatic heterocycles. The lowest BCUT2D eigenvalue weighted by Gasteiger charge is -2.36. The largest absolute Gasteiger partial charge is 0.444 e. The summed E-state index contributed by atoms with van der Waals surface area (Å²) in [6.07, 6.45) is 1.57. The molecule has 0 saturated heterocycles. The van der Waals surface area contributed by atoms with Crippen LogP contribution in [0.3, 0.4) is 0 Å². The second kappa shape index (κ2) is 7.21. The number of ether oxygens (including phenoxy) is 1. The Morgan fingerprint density at radius 3 is 2.83 bits per heavy atom. The minimum atomic E-state index is -0.561. The van der Waals surface area contributed by atoms with E-state index >= 15 is 0 Å². The van der Waals surface area contributed by atoms with E-state index in [4.69, 9.17) is 16.3 Å². The van der Waals surface area contributed by atoms with Gasteiger partial charge in [0.05, 0.1) is 6.20 Å². The number of halogens is 1. The molecule has 2 heterocycles. The predicted octanol–water partition coefficient (Wildman–Crippen LogP) is 2.19. The van der Waals surface area contributed by atoms with Crippen LogP contribution in [0.15, 0.2) is 6.20 Å². The Balaban J connectivity index is 2.08. The van der Waals surface area contributed by atoms with Crippen molar-refractivity contribution in [2.45, 2.75) is 45.8 Å². The fourth-order valence-corrected chi connectivity index (χ4v) is 2.55. The first-order valence-corrected chi connectivity index (χ1v) is 8.16. The number of anilines is 2. The summed E-state index contributed by atoms with van der Waals surface area (Å²) in [5, 5.41) is 5.55. The van der Waals surface area contributed by atoms with Crippen LogP contribution in [0.25, 0.3) is 0 Å². The molecule has 2 amide bonds. The SMILES string of the molecule is CCC1C(=O)Nc2cnc(Cl)nc2N1CCNC(=O)OC(C)(C)C. The maximum Gasteiger partial charge on any atom is 0.407 e. The van der Waals surface area contributed by atoms with Crippen molar-refractivity contribution < 1.29 is 14.3 Å². The third kappa shape index (κ3) is 4.47. The van der Waals surface area contributed by atoms with Crippen molar-refractivity contribution >= 4 is 35.1 Å². The number of hydrogen-bond acceptors (Lipinski definition) is 6. The number of carbonyl (C=O) groups is 2. The molecule has 8 nitrogen and oxygen atoms in total. The van der Waals surface area contributed by atoms with E-state index < -0.39 is 11.7 Å². The van der Waals surface area contributed by atoms with Gasteiger partial charge in [0.15, 0.2) is 5.82 Å². The molecule has 0 saturated carbocycles. The van der Waals surface area contributed by atoms with Crippen molar-refractivity contribution in [3.05, 3.63) is 11.5 Å². The smallest absolute Gasteiger partial charge is 0.407 e. The molecule has 1 unspecified atom stereocenters. The van der Waals surface area contributed by atoms with Crippen LogP contribution < -0.4 is 15.5 Å². The van der Waals surface area contributed by atoms with Gasteiger partial charge in [0, 0.05) is 13.1 Å². The maximum absolute atomic E-state index is 12.2. The van der Waals surface area contributed by atoms with Crippen LogP contribution in [0.5, 0.6) is 0 Å². The number of carbonyl (C=O) groups excluding carboxylic acids is 2. The highest BCUT2D eigenvalue weighted by Gasteiger charge is 2.33. The van der Waals surface area contributed by atoms with Crippen LogP contribution in [-0.2, 0) is 9.53 Å². The third-order valence-electron chi connectivity index (χ3n) is 3.36. The highest BCUT2D eigenvalue weighted by molar-refractivity contribution is 6.28. The molecule has 9 heteroatoms. The number of fused-ring (bicyclic) bond motifs is 1. The van der Waals surface area contributed by atoms with Gasteiger partial charge in [-0.2, -0.15) is 4.98 Å². The molecular weight excluding hydrogens is 334 g/mol. The number of rotatable bonds is 4. The van der Waals surface area contributed by atoms with Crippen molar-refractivity contribution in [1.29, 1.82) is 0 Å². The molecule has 0 aromatic carbocycles. The zero-order valence-electron chi connectivity index (χ0n) is 14.2. The van der Waals surface area contributed by atoms with E-state index in [0.717, 1.165) is 0 Å². The average molecular weight is 356 g/mol.